The summed E-state index contributed by atoms with van der Waals surface area (Å²) in [6.45, 7) is 4.02. The predicted octanol–water partition coefficient (Wildman–Crippen LogP) is 3.03. The van der Waals surface area contributed by atoms with Crippen molar-refractivity contribution in [2.75, 3.05) is 5.73 Å². The standard InChI is InChI=1S/C14H15N3O/c1-8-4-5-11-10(6-8)7-12(18-11)13-9(2)14(15)17(3)16-13/h4-7H,15H2,1-3H3. The van der Waals surface area contributed by atoms with E-state index in [0.29, 0.717) is 5.82 Å². The van der Waals surface area contributed by atoms with Gasteiger partial charge in [-0.1, -0.05) is 11.6 Å². The highest BCUT2D eigenvalue weighted by Crippen LogP contribution is 2.31. The van der Waals surface area contributed by atoms with Crippen molar-refractivity contribution in [2.45, 2.75) is 13.8 Å². The number of hydrogen-bond acceptors (Lipinski definition) is 3. The van der Waals surface area contributed by atoms with Crippen LogP contribution in [-0.4, -0.2) is 9.78 Å². The largest absolute Gasteiger partial charge is 0.454 e. The molecular weight excluding hydrogens is 226 g/mol. The van der Waals surface area contributed by atoms with Gasteiger partial charge in [0.1, 0.15) is 17.1 Å². The molecule has 0 fully saturated rings. The Morgan fingerprint density at radius 3 is 2.67 bits per heavy atom. The summed E-state index contributed by atoms with van der Waals surface area (Å²) in [5.41, 5.74) is 9.77. The summed E-state index contributed by atoms with van der Waals surface area (Å²) in [4.78, 5) is 0. The molecule has 92 valence electrons. The Morgan fingerprint density at radius 1 is 1.22 bits per heavy atom. The number of fused-ring (bicyclic) bond motifs is 1. The Hall–Kier alpha value is -2.23. The van der Waals surface area contributed by atoms with Crippen LogP contribution in [0, 0.1) is 13.8 Å². The Labute approximate surface area is 105 Å². The lowest BCUT2D eigenvalue weighted by molar-refractivity contribution is 0.625. The van der Waals surface area contributed by atoms with Crippen LogP contribution < -0.4 is 5.73 Å². The van der Waals surface area contributed by atoms with Gasteiger partial charge in [0.2, 0.25) is 0 Å². The van der Waals surface area contributed by atoms with Crippen molar-refractivity contribution in [2.24, 2.45) is 7.05 Å². The van der Waals surface area contributed by atoms with E-state index in [0.717, 1.165) is 28.0 Å². The molecule has 1 aromatic carbocycles. The maximum absolute atomic E-state index is 5.92. The molecule has 0 spiro atoms. The second kappa shape index (κ2) is 3.63. The molecule has 2 aromatic heterocycles. The Kier molecular flexibility index (Phi) is 2.20. The molecule has 3 aromatic rings. The zero-order valence-corrected chi connectivity index (χ0v) is 10.7. The highest BCUT2D eigenvalue weighted by molar-refractivity contribution is 5.83. The molecule has 2 N–H and O–H groups in total. The van der Waals surface area contributed by atoms with Crippen LogP contribution in [0.5, 0.6) is 0 Å². The van der Waals surface area contributed by atoms with Gasteiger partial charge >= 0.3 is 0 Å². The van der Waals surface area contributed by atoms with Gasteiger partial charge in [-0.05, 0) is 32.0 Å². The van der Waals surface area contributed by atoms with Gasteiger partial charge in [0.05, 0.1) is 0 Å². The van der Waals surface area contributed by atoms with Crippen molar-refractivity contribution in [3.63, 3.8) is 0 Å². The number of aromatic nitrogens is 2. The highest BCUT2D eigenvalue weighted by atomic mass is 16.3. The topological polar surface area (TPSA) is 57.0 Å². The van der Waals surface area contributed by atoms with E-state index < -0.39 is 0 Å². The first kappa shape index (κ1) is 10.9. The zero-order chi connectivity index (χ0) is 12.9. The molecule has 4 nitrogen and oxygen atoms in total. The zero-order valence-electron chi connectivity index (χ0n) is 10.7. The van der Waals surface area contributed by atoms with Crippen molar-refractivity contribution in [3.05, 3.63) is 35.4 Å². The lowest BCUT2D eigenvalue weighted by Gasteiger charge is -1.92. The van der Waals surface area contributed by atoms with E-state index in [1.54, 1.807) is 4.68 Å². The molecule has 0 radical (unpaired) electrons. The first-order valence-electron chi connectivity index (χ1n) is 5.86. The summed E-state index contributed by atoms with van der Waals surface area (Å²) in [5, 5.41) is 5.49. The van der Waals surface area contributed by atoms with Crippen LogP contribution in [0.1, 0.15) is 11.1 Å². The number of nitrogens with zero attached hydrogens (tertiary/aromatic N) is 2. The number of nitrogen functional groups attached to an aromatic ring is 1. The van der Waals surface area contributed by atoms with E-state index in [-0.39, 0.29) is 0 Å². The van der Waals surface area contributed by atoms with Crippen molar-refractivity contribution in [1.29, 1.82) is 0 Å². The second-order valence-corrected chi connectivity index (χ2v) is 4.63. The van der Waals surface area contributed by atoms with Crippen molar-refractivity contribution >= 4 is 16.8 Å². The summed E-state index contributed by atoms with van der Waals surface area (Å²) in [7, 11) is 1.83. The molecule has 0 unspecified atom stereocenters. The molecule has 0 saturated carbocycles. The summed E-state index contributed by atoms with van der Waals surface area (Å²) >= 11 is 0. The van der Waals surface area contributed by atoms with Crippen LogP contribution in [0.3, 0.4) is 0 Å². The van der Waals surface area contributed by atoms with Gasteiger partial charge in [0.15, 0.2) is 5.76 Å². The normalized spacial score (nSPS) is 11.3. The minimum Gasteiger partial charge on any atom is -0.454 e. The van der Waals surface area contributed by atoms with Gasteiger partial charge in [-0.3, -0.25) is 4.68 Å². The monoisotopic (exact) mass is 241 g/mol. The van der Waals surface area contributed by atoms with E-state index in [1.807, 2.05) is 32.2 Å². The molecule has 4 heteroatoms. The van der Waals surface area contributed by atoms with Crippen LogP contribution in [-0.2, 0) is 7.05 Å². The van der Waals surface area contributed by atoms with E-state index >= 15 is 0 Å². The maximum Gasteiger partial charge on any atom is 0.156 e. The van der Waals surface area contributed by atoms with Crippen LogP contribution in [0.25, 0.3) is 22.4 Å². The predicted molar refractivity (Wildman–Crippen MR) is 72.3 cm³/mol. The molecular formula is C14H15N3O. The van der Waals surface area contributed by atoms with Crippen LogP contribution in [0.4, 0.5) is 5.82 Å². The SMILES string of the molecule is Cc1ccc2oc(-c3nn(C)c(N)c3C)cc2c1. The number of benzene rings is 1. The first-order valence-corrected chi connectivity index (χ1v) is 5.86. The third kappa shape index (κ3) is 1.49. The molecule has 2 heterocycles. The van der Waals surface area contributed by atoms with E-state index in [1.165, 1.54) is 5.56 Å². The number of aryl methyl sites for hydroxylation is 2. The summed E-state index contributed by atoms with van der Waals surface area (Å²) < 4.78 is 7.50. The number of nitrogens with two attached hydrogens (primary N) is 1. The highest BCUT2D eigenvalue weighted by Gasteiger charge is 2.15. The maximum atomic E-state index is 5.92. The quantitative estimate of drug-likeness (QED) is 0.712. The van der Waals surface area contributed by atoms with Gasteiger partial charge < -0.3 is 10.2 Å². The molecule has 18 heavy (non-hydrogen) atoms. The molecule has 0 aliphatic heterocycles. The summed E-state index contributed by atoms with van der Waals surface area (Å²) in [5.74, 6) is 1.43. The van der Waals surface area contributed by atoms with Gasteiger partial charge in [0.25, 0.3) is 0 Å². The lowest BCUT2D eigenvalue weighted by Crippen LogP contribution is -1.97. The van der Waals surface area contributed by atoms with E-state index in [2.05, 4.69) is 18.1 Å². The lowest BCUT2D eigenvalue weighted by atomic mass is 10.1. The summed E-state index contributed by atoms with van der Waals surface area (Å²) in [6.07, 6.45) is 0. The fourth-order valence-corrected chi connectivity index (χ4v) is 2.16. The van der Waals surface area contributed by atoms with Gasteiger partial charge in [-0.15, -0.1) is 0 Å². The fraction of sp³-hybridized carbons (Fsp3) is 0.214. The minimum atomic E-state index is 0.668. The third-order valence-electron chi connectivity index (χ3n) is 3.24. The molecule has 0 saturated heterocycles. The minimum absolute atomic E-state index is 0.668. The van der Waals surface area contributed by atoms with E-state index in [4.69, 9.17) is 10.2 Å². The molecule has 3 rings (SSSR count). The average molecular weight is 241 g/mol. The molecule has 0 aliphatic carbocycles. The van der Waals surface area contributed by atoms with Crippen LogP contribution in [0.2, 0.25) is 0 Å². The smallest absolute Gasteiger partial charge is 0.156 e. The Morgan fingerprint density at radius 2 is 2.00 bits per heavy atom. The molecule has 0 bridgehead atoms. The van der Waals surface area contributed by atoms with Crippen molar-refractivity contribution < 1.29 is 4.42 Å². The van der Waals surface area contributed by atoms with Gasteiger partial charge in [-0.2, -0.15) is 5.10 Å². The third-order valence-corrected chi connectivity index (χ3v) is 3.24. The van der Waals surface area contributed by atoms with Crippen molar-refractivity contribution in [1.82, 2.24) is 9.78 Å². The molecule has 0 aliphatic rings. The van der Waals surface area contributed by atoms with E-state index in [9.17, 15) is 0 Å². The van der Waals surface area contributed by atoms with Crippen LogP contribution >= 0.6 is 0 Å². The Balaban J connectivity index is 2.22. The molecule has 0 amide bonds. The number of hydrogen-bond donors (Lipinski definition) is 1. The number of furan rings is 1. The first-order chi connectivity index (χ1) is 8.56. The Bertz CT molecular complexity index is 737. The second-order valence-electron chi connectivity index (χ2n) is 4.63. The molecule has 0 atom stereocenters. The fourth-order valence-electron chi connectivity index (χ4n) is 2.16. The van der Waals surface area contributed by atoms with Crippen molar-refractivity contribution in [3.8, 4) is 11.5 Å². The van der Waals surface area contributed by atoms with Gasteiger partial charge in [0, 0.05) is 18.0 Å². The van der Waals surface area contributed by atoms with Crippen LogP contribution in [0.15, 0.2) is 28.7 Å². The van der Waals surface area contributed by atoms with Gasteiger partial charge in [-0.25, -0.2) is 0 Å². The average Bonchev–Trinajstić information content (AvgIpc) is 2.85. The number of rotatable bonds is 1. The summed E-state index contributed by atoms with van der Waals surface area (Å²) in [6, 6.07) is 8.13. The number of anilines is 1.